The molecule has 0 spiro atoms. The first-order valence-corrected chi connectivity index (χ1v) is 10.6. The summed E-state index contributed by atoms with van der Waals surface area (Å²) in [7, 11) is -1.23. The van der Waals surface area contributed by atoms with Gasteiger partial charge in [-0.2, -0.15) is 0 Å². The SMILES string of the molecule is CN=C(NCc1ccc(N2CC=CC2)cc1)NC(C)CCS(C)(=O)=O.I. The monoisotopic (exact) mass is 492 g/mol. The van der Waals surface area contributed by atoms with Crippen molar-refractivity contribution >= 4 is 45.5 Å². The second-order valence-corrected chi connectivity index (χ2v) is 8.69. The highest BCUT2D eigenvalue weighted by Gasteiger charge is 2.10. The van der Waals surface area contributed by atoms with Gasteiger partial charge in [0.05, 0.1) is 5.75 Å². The molecule has 1 aliphatic rings. The van der Waals surface area contributed by atoms with Gasteiger partial charge in [-0.25, -0.2) is 8.42 Å². The molecule has 2 N–H and O–H groups in total. The van der Waals surface area contributed by atoms with Crippen LogP contribution in [0.4, 0.5) is 5.69 Å². The summed E-state index contributed by atoms with van der Waals surface area (Å²) < 4.78 is 22.5. The first-order chi connectivity index (χ1) is 11.9. The molecule has 8 heteroatoms. The summed E-state index contributed by atoms with van der Waals surface area (Å²) in [6.45, 7) is 4.56. The normalized spacial score (nSPS) is 15.5. The van der Waals surface area contributed by atoms with E-state index in [-0.39, 0.29) is 35.8 Å². The molecule has 6 nitrogen and oxygen atoms in total. The minimum atomic E-state index is -2.94. The fourth-order valence-electron chi connectivity index (χ4n) is 2.59. The highest BCUT2D eigenvalue weighted by atomic mass is 127. The lowest BCUT2D eigenvalue weighted by Crippen LogP contribution is -2.42. The number of sulfone groups is 1. The van der Waals surface area contributed by atoms with Gasteiger partial charge >= 0.3 is 0 Å². The Morgan fingerprint density at radius 3 is 2.38 bits per heavy atom. The molecule has 0 aromatic heterocycles. The van der Waals surface area contributed by atoms with Gasteiger partial charge in [-0.15, -0.1) is 24.0 Å². The summed E-state index contributed by atoms with van der Waals surface area (Å²) in [5, 5.41) is 6.49. The molecule has 2 rings (SSSR count). The van der Waals surface area contributed by atoms with Crippen molar-refractivity contribution in [2.45, 2.75) is 25.9 Å². The average molecular weight is 492 g/mol. The van der Waals surface area contributed by atoms with Crippen LogP contribution in [0.15, 0.2) is 41.4 Å². The van der Waals surface area contributed by atoms with Crippen LogP contribution in [0.1, 0.15) is 18.9 Å². The molecule has 0 fully saturated rings. The van der Waals surface area contributed by atoms with E-state index in [1.807, 2.05) is 6.92 Å². The van der Waals surface area contributed by atoms with E-state index < -0.39 is 9.84 Å². The minimum Gasteiger partial charge on any atom is -0.364 e. The summed E-state index contributed by atoms with van der Waals surface area (Å²) in [5.41, 5.74) is 2.40. The van der Waals surface area contributed by atoms with Crippen molar-refractivity contribution in [3.05, 3.63) is 42.0 Å². The van der Waals surface area contributed by atoms with E-state index in [9.17, 15) is 8.42 Å². The molecule has 26 heavy (non-hydrogen) atoms. The number of nitrogens with one attached hydrogen (secondary N) is 2. The third kappa shape index (κ3) is 7.94. The van der Waals surface area contributed by atoms with Gasteiger partial charge in [0.1, 0.15) is 9.84 Å². The molecule has 1 atom stereocenters. The molecule has 146 valence electrons. The lowest BCUT2D eigenvalue weighted by atomic mass is 10.2. The second kappa shape index (κ2) is 10.8. The Morgan fingerprint density at radius 1 is 1.23 bits per heavy atom. The molecule has 1 heterocycles. The molecular weight excluding hydrogens is 463 g/mol. The Bertz CT molecular complexity index is 709. The van der Waals surface area contributed by atoms with Crippen LogP contribution in [0, 0.1) is 0 Å². The summed E-state index contributed by atoms with van der Waals surface area (Å²) >= 11 is 0. The number of halogens is 1. The maximum absolute atomic E-state index is 11.2. The molecule has 0 saturated heterocycles. The van der Waals surface area contributed by atoms with E-state index in [4.69, 9.17) is 0 Å². The van der Waals surface area contributed by atoms with E-state index in [1.165, 1.54) is 17.5 Å². The van der Waals surface area contributed by atoms with Crippen molar-refractivity contribution in [2.75, 3.05) is 37.0 Å². The van der Waals surface area contributed by atoms with Crippen molar-refractivity contribution in [1.29, 1.82) is 0 Å². The quantitative estimate of drug-likeness (QED) is 0.264. The predicted molar refractivity (Wildman–Crippen MR) is 120 cm³/mol. The Hall–Kier alpha value is -1.29. The van der Waals surface area contributed by atoms with Crippen LogP contribution in [-0.4, -0.2) is 52.6 Å². The summed E-state index contributed by atoms with van der Waals surface area (Å²) in [6, 6.07) is 8.53. The number of aliphatic imine (C=N–C) groups is 1. The zero-order valence-electron chi connectivity index (χ0n) is 15.6. The Kier molecular flexibility index (Phi) is 9.42. The van der Waals surface area contributed by atoms with Crippen molar-refractivity contribution < 1.29 is 8.42 Å². The van der Waals surface area contributed by atoms with E-state index in [0.717, 1.165) is 13.1 Å². The van der Waals surface area contributed by atoms with E-state index in [1.54, 1.807) is 7.05 Å². The number of rotatable bonds is 7. The zero-order chi connectivity index (χ0) is 18.3. The van der Waals surface area contributed by atoms with Gasteiger partial charge in [0, 0.05) is 44.7 Å². The largest absolute Gasteiger partial charge is 0.364 e. The topological polar surface area (TPSA) is 73.8 Å². The maximum Gasteiger partial charge on any atom is 0.191 e. The van der Waals surface area contributed by atoms with Crippen LogP contribution < -0.4 is 15.5 Å². The number of nitrogens with zero attached hydrogens (tertiary/aromatic N) is 2. The van der Waals surface area contributed by atoms with Gasteiger partial charge in [-0.05, 0) is 31.0 Å². The van der Waals surface area contributed by atoms with Crippen molar-refractivity contribution in [2.24, 2.45) is 4.99 Å². The number of guanidine groups is 1. The van der Waals surface area contributed by atoms with Gasteiger partial charge in [0.25, 0.3) is 0 Å². The summed E-state index contributed by atoms with van der Waals surface area (Å²) in [4.78, 5) is 6.50. The standard InChI is InChI=1S/C18H28N4O2S.HI/c1-15(10-13-25(3,23)24)21-18(19-2)20-14-16-6-8-17(9-7-16)22-11-4-5-12-22;/h4-9,15H,10-14H2,1-3H3,(H2,19,20,21);1H. The van der Waals surface area contributed by atoms with Crippen LogP contribution in [0.5, 0.6) is 0 Å². The highest BCUT2D eigenvalue weighted by Crippen LogP contribution is 2.17. The molecule has 0 amide bonds. The van der Waals surface area contributed by atoms with E-state index >= 15 is 0 Å². The van der Waals surface area contributed by atoms with Gasteiger partial charge in [0.2, 0.25) is 0 Å². The lowest BCUT2D eigenvalue weighted by molar-refractivity contribution is 0.581. The molecular formula is C18H29IN4O2S. The molecule has 0 aliphatic carbocycles. The molecule has 0 saturated carbocycles. The van der Waals surface area contributed by atoms with Crippen molar-refractivity contribution in [3.8, 4) is 0 Å². The molecule has 1 unspecified atom stereocenters. The molecule has 1 aromatic rings. The fraction of sp³-hybridized carbons (Fsp3) is 0.500. The Balaban J connectivity index is 0.00000338. The summed E-state index contributed by atoms with van der Waals surface area (Å²) in [5.74, 6) is 0.846. The smallest absolute Gasteiger partial charge is 0.191 e. The highest BCUT2D eigenvalue weighted by molar-refractivity contribution is 14.0. The van der Waals surface area contributed by atoms with Crippen LogP contribution >= 0.6 is 24.0 Å². The van der Waals surface area contributed by atoms with Crippen molar-refractivity contribution in [1.82, 2.24) is 10.6 Å². The minimum absolute atomic E-state index is 0. The van der Waals surface area contributed by atoms with Gasteiger partial charge in [-0.3, -0.25) is 4.99 Å². The number of hydrogen-bond donors (Lipinski definition) is 2. The van der Waals surface area contributed by atoms with Gasteiger partial charge in [0.15, 0.2) is 5.96 Å². The first kappa shape index (κ1) is 22.8. The molecule has 1 aromatic carbocycles. The number of benzene rings is 1. The third-order valence-corrected chi connectivity index (χ3v) is 5.09. The predicted octanol–water partition coefficient (Wildman–Crippen LogP) is 2.17. The van der Waals surface area contributed by atoms with Gasteiger partial charge < -0.3 is 15.5 Å². The molecule has 0 radical (unpaired) electrons. The lowest BCUT2D eigenvalue weighted by Gasteiger charge is -2.19. The van der Waals surface area contributed by atoms with E-state index in [0.29, 0.717) is 18.9 Å². The van der Waals surface area contributed by atoms with Crippen LogP contribution in [-0.2, 0) is 16.4 Å². The van der Waals surface area contributed by atoms with Gasteiger partial charge in [-0.1, -0.05) is 24.3 Å². The fourth-order valence-corrected chi connectivity index (χ4v) is 3.37. The average Bonchev–Trinajstić information content (AvgIpc) is 3.11. The first-order valence-electron chi connectivity index (χ1n) is 8.51. The number of hydrogen-bond acceptors (Lipinski definition) is 4. The van der Waals surface area contributed by atoms with Crippen LogP contribution in [0.25, 0.3) is 0 Å². The molecule has 0 bridgehead atoms. The zero-order valence-corrected chi connectivity index (χ0v) is 18.8. The van der Waals surface area contributed by atoms with Crippen LogP contribution in [0.3, 0.4) is 0 Å². The second-order valence-electron chi connectivity index (χ2n) is 6.43. The summed E-state index contributed by atoms with van der Waals surface area (Å²) in [6.07, 6.45) is 6.17. The Morgan fingerprint density at radius 2 is 1.85 bits per heavy atom. The van der Waals surface area contributed by atoms with E-state index in [2.05, 4.69) is 56.9 Å². The Labute approximate surface area is 174 Å². The third-order valence-electron chi connectivity index (χ3n) is 4.11. The number of anilines is 1. The maximum atomic E-state index is 11.2. The molecule has 1 aliphatic heterocycles. The van der Waals surface area contributed by atoms with Crippen LogP contribution in [0.2, 0.25) is 0 Å². The van der Waals surface area contributed by atoms with Crippen molar-refractivity contribution in [3.63, 3.8) is 0 Å².